The van der Waals surface area contributed by atoms with E-state index in [1.165, 1.54) is 12.1 Å². The van der Waals surface area contributed by atoms with E-state index in [1.54, 1.807) is 16.8 Å². The SMILES string of the molecule is CC(C)CCn1nnc(CO)c1-c1cccc(F)c1. The highest BCUT2D eigenvalue weighted by Gasteiger charge is 2.14. The molecule has 19 heavy (non-hydrogen) atoms. The minimum Gasteiger partial charge on any atom is -0.390 e. The van der Waals surface area contributed by atoms with Crippen molar-refractivity contribution >= 4 is 0 Å². The third kappa shape index (κ3) is 3.17. The highest BCUT2D eigenvalue weighted by atomic mass is 19.1. The van der Waals surface area contributed by atoms with Crippen molar-refractivity contribution < 1.29 is 9.50 Å². The van der Waals surface area contributed by atoms with Gasteiger partial charge in [-0.05, 0) is 24.5 Å². The molecule has 1 heterocycles. The lowest BCUT2D eigenvalue weighted by Gasteiger charge is -2.09. The average Bonchev–Trinajstić information content (AvgIpc) is 2.79. The summed E-state index contributed by atoms with van der Waals surface area (Å²) in [6.45, 7) is 4.77. The summed E-state index contributed by atoms with van der Waals surface area (Å²) in [6.07, 6.45) is 0.955. The van der Waals surface area contributed by atoms with Crippen LogP contribution < -0.4 is 0 Å². The summed E-state index contributed by atoms with van der Waals surface area (Å²) in [4.78, 5) is 0. The fourth-order valence-corrected chi connectivity index (χ4v) is 1.94. The standard InChI is InChI=1S/C14H18FN3O/c1-10(2)6-7-18-14(13(9-19)16-17-18)11-4-3-5-12(15)8-11/h3-5,8,10,19H,6-7,9H2,1-2H3. The molecule has 102 valence electrons. The first kappa shape index (κ1) is 13.7. The number of aromatic nitrogens is 3. The van der Waals surface area contributed by atoms with Crippen LogP contribution in [0.1, 0.15) is 26.0 Å². The quantitative estimate of drug-likeness (QED) is 0.902. The maximum absolute atomic E-state index is 13.3. The van der Waals surface area contributed by atoms with E-state index < -0.39 is 0 Å². The van der Waals surface area contributed by atoms with E-state index in [0.29, 0.717) is 29.4 Å². The first-order chi connectivity index (χ1) is 9.11. The van der Waals surface area contributed by atoms with E-state index in [9.17, 15) is 9.50 Å². The molecule has 0 aliphatic rings. The van der Waals surface area contributed by atoms with E-state index in [0.717, 1.165) is 6.42 Å². The van der Waals surface area contributed by atoms with Crippen LogP contribution in [0.25, 0.3) is 11.3 Å². The number of aliphatic hydroxyl groups is 1. The maximum Gasteiger partial charge on any atom is 0.123 e. The van der Waals surface area contributed by atoms with Crippen molar-refractivity contribution in [3.05, 3.63) is 35.8 Å². The second-order valence-electron chi connectivity index (χ2n) is 4.96. The molecule has 1 aromatic carbocycles. The number of nitrogens with zero attached hydrogens (tertiary/aromatic N) is 3. The van der Waals surface area contributed by atoms with Gasteiger partial charge >= 0.3 is 0 Å². The van der Waals surface area contributed by atoms with Gasteiger partial charge in [-0.15, -0.1) is 5.10 Å². The number of hydrogen-bond donors (Lipinski definition) is 1. The van der Waals surface area contributed by atoms with Crippen LogP contribution in [-0.4, -0.2) is 20.1 Å². The number of aryl methyl sites for hydroxylation is 1. The van der Waals surface area contributed by atoms with E-state index >= 15 is 0 Å². The first-order valence-corrected chi connectivity index (χ1v) is 6.41. The molecule has 0 atom stereocenters. The van der Waals surface area contributed by atoms with Crippen molar-refractivity contribution in [1.29, 1.82) is 0 Å². The first-order valence-electron chi connectivity index (χ1n) is 6.41. The van der Waals surface area contributed by atoms with Gasteiger partial charge in [0.1, 0.15) is 11.5 Å². The summed E-state index contributed by atoms with van der Waals surface area (Å²) in [5.74, 6) is 0.236. The van der Waals surface area contributed by atoms with Crippen molar-refractivity contribution in [3.8, 4) is 11.3 Å². The summed E-state index contributed by atoms with van der Waals surface area (Å²) in [6, 6.07) is 6.27. The molecule has 4 nitrogen and oxygen atoms in total. The number of hydrogen-bond acceptors (Lipinski definition) is 3. The van der Waals surface area contributed by atoms with E-state index in [4.69, 9.17) is 0 Å². The fraction of sp³-hybridized carbons (Fsp3) is 0.429. The zero-order chi connectivity index (χ0) is 13.8. The molecule has 0 aliphatic heterocycles. The summed E-state index contributed by atoms with van der Waals surface area (Å²) in [7, 11) is 0. The van der Waals surface area contributed by atoms with Gasteiger partial charge in [0.25, 0.3) is 0 Å². The van der Waals surface area contributed by atoms with Crippen molar-refractivity contribution in [2.45, 2.75) is 33.4 Å². The summed E-state index contributed by atoms with van der Waals surface area (Å²) in [5.41, 5.74) is 1.87. The highest BCUT2D eigenvalue weighted by molar-refractivity contribution is 5.61. The van der Waals surface area contributed by atoms with Gasteiger partial charge in [0.2, 0.25) is 0 Å². The van der Waals surface area contributed by atoms with Crippen LogP contribution in [0.2, 0.25) is 0 Å². The Morgan fingerprint density at radius 3 is 2.79 bits per heavy atom. The summed E-state index contributed by atoms with van der Waals surface area (Å²) < 4.78 is 15.1. The molecule has 0 amide bonds. The summed E-state index contributed by atoms with van der Waals surface area (Å²) in [5, 5.41) is 17.3. The highest BCUT2D eigenvalue weighted by Crippen LogP contribution is 2.23. The van der Waals surface area contributed by atoms with Crippen LogP contribution in [0.4, 0.5) is 4.39 Å². The van der Waals surface area contributed by atoms with Gasteiger partial charge in [-0.1, -0.05) is 31.2 Å². The maximum atomic E-state index is 13.3. The van der Waals surface area contributed by atoms with Crippen molar-refractivity contribution in [3.63, 3.8) is 0 Å². The Morgan fingerprint density at radius 2 is 2.16 bits per heavy atom. The van der Waals surface area contributed by atoms with E-state index in [2.05, 4.69) is 24.2 Å². The van der Waals surface area contributed by atoms with Crippen LogP contribution in [0.5, 0.6) is 0 Å². The van der Waals surface area contributed by atoms with Crippen molar-refractivity contribution in [2.75, 3.05) is 0 Å². The molecule has 0 spiro atoms. The van der Waals surface area contributed by atoms with Crippen molar-refractivity contribution in [1.82, 2.24) is 15.0 Å². The van der Waals surface area contributed by atoms with Gasteiger partial charge in [0.15, 0.2) is 0 Å². The monoisotopic (exact) mass is 263 g/mol. The zero-order valence-electron chi connectivity index (χ0n) is 11.2. The molecule has 0 radical (unpaired) electrons. The lowest BCUT2D eigenvalue weighted by atomic mass is 10.1. The zero-order valence-corrected chi connectivity index (χ0v) is 11.2. The molecule has 0 unspecified atom stereocenters. The van der Waals surface area contributed by atoms with Gasteiger partial charge in [0.05, 0.1) is 12.3 Å². The van der Waals surface area contributed by atoms with Crippen LogP contribution >= 0.6 is 0 Å². The Hall–Kier alpha value is -1.75. The molecule has 1 aromatic heterocycles. The topological polar surface area (TPSA) is 50.9 Å². The average molecular weight is 263 g/mol. The Kier molecular flexibility index (Phi) is 4.27. The largest absolute Gasteiger partial charge is 0.390 e. The molecule has 0 saturated carbocycles. The predicted octanol–water partition coefficient (Wildman–Crippen LogP) is 2.62. The molecule has 2 aromatic rings. The number of rotatable bonds is 5. The number of aliphatic hydroxyl groups excluding tert-OH is 1. The Balaban J connectivity index is 2.38. The van der Waals surface area contributed by atoms with Crippen LogP contribution in [0, 0.1) is 11.7 Å². The van der Waals surface area contributed by atoms with Crippen molar-refractivity contribution in [2.24, 2.45) is 5.92 Å². The van der Waals surface area contributed by atoms with E-state index in [-0.39, 0.29) is 12.4 Å². The van der Waals surface area contributed by atoms with Crippen LogP contribution in [-0.2, 0) is 13.2 Å². The molecule has 0 bridgehead atoms. The van der Waals surface area contributed by atoms with Gasteiger partial charge in [0, 0.05) is 12.1 Å². The Labute approximate surface area is 111 Å². The molecule has 2 rings (SSSR count). The van der Waals surface area contributed by atoms with Gasteiger partial charge in [-0.2, -0.15) is 0 Å². The molecule has 0 saturated heterocycles. The van der Waals surface area contributed by atoms with Crippen LogP contribution in [0.3, 0.4) is 0 Å². The number of benzene rings is 1. The fourth-order valence-electron chi connectivity index (χ4n) is 1.94. The normalized spacial score (nSPS) is 11.2. The molecule has 0 aliphatic carbocycles. The minimum atomic E-state index is -0.307. The minimum absolute atomic E-state index is 0.201. The van der Waals surface area contributed by atoms with E-state index in [1.807, 2.05) is 0 Å². The lowest BCUT2D eigenvalue weighted by Crippen LogP contribution is -2.06. The second kappa shape index (κ2) is 5.93. The molecular formula is C14H18FN3O. The smallest absolute Gasteiger partial charge is 0.123 e. The number of halogens is 1. The lowest BCUT2D eigenvalue weighted by molar-refractivity contribution is 0.277. The van der Waals surface area contributed by atoms with Crippen LogP contribution in [0.15, 0.2) is 24.3 Å². The summed E-state index contributed by atoms with van der Waals surface area (Å²) >= 11 is 0. The van der Waals surface area contributed by atoms with Gasteiger partial charge in [-0.25, -0.2) is 9.07 Å². The predicted molar refractivity (Wildman–Crippen MR) is 70.8 cm³/mol. The second-order valence-corrected chi connectivity index (χ2v) is 4.96. The van der Waals surface area contributed by atoms with Gasteiger partial charge in [-0.3, -0.25) is 0 Å². The Bertz CT molecular complexity index is 551. The molecule has 5 heteroatoms. The Morgan fingerprint density at radius 1 is 1.37 bits per heavy atom. The molecule has 1 N–H and O–H groups in total. The third-order valence-electron chi connectivity index (χ3n) is 2.97. The van der Waals surface area contributed by atoms with Gasteiger partial charge < -0.3 is 5.11 Å². The molecular weight excluding hydrogens is 245 g/mol. The molecule has 0 fully saturated rings. The third-order valence-corrected chi connectivity index (χ3v) is 2.97.